The highest BCUT2D eigenvalue weighted by atomic mass is 35.5. The van der Waals surface area contributed by atoms with E-state index in [-0.39, 0.29) is 6.04 Å². The van der Waals surface area contributed by atoms with Crippen LogP contribution >= 0.6 is 22.9 Å². The summed E-state index contributed by atoms with van der Waals surface area (Å²) in [6, 6.07) is 6.06. The van der Waals surface area contributed by atoms with Crippen molar-refractivity contribution in [3.05, 3.63) is 45.4 Å². The molecule has 2 rings (SSSR count). The first-order chi connectivity index (χ1) is 9.26. The van der Waals surface area contributed by atoms with E-state index in [0.717, 1.165) is 28.6 Å². The number of nitrogens with zero attached hydrogens (tertiary/aromatic N) is 1. The smallest absolute Gasteiger partial charge is 0.142 e. The van der Waals surface area contributed by atoms with Crippen molar-refractivity contribution < 1.29 is 4.74 Å². The number of thiophene rings is 1. The molecule has 0 aromatic carbocycles. The quantitative estimate of drug-likeness (QED) is 0.878. The maximum atomic E-state index is 6.05. The average Bonchev–Trinajstić information content (AvgIpc) is 2.86. The first kappa shape index (κ1) is 14.3. The fourth-order valence-corrected chi connectivity index (χ4v) is 3.09. The van der Waals surface area contributed by atoms with Crippen LogP contribution in [-0.2, 0) is 0 Å². The number of methoxy groups -OCH3 is 1. The average molecular weight is 297 g/mol. The van der Waals surface area contributed by atoms with Gasteiger partial charge in [0.15, 0.2) is 0 Å². The number of ether oxygens (including phenoxy) is 1. The van der Waals surface area contributed by atoms with Gasteiger partial charge in [0.1, 0.15) is 5.75 Å². The lowest BCUT2D eigenvalue weighted by molar-refractivity contribution is 0.402. The van der Waals surface area contributed by atoms with Gasteiger partial charge in [-0.05, 0) is 31.2 Å². The molecule has 1 unspecified atom stereocenters. The lowest BCUT2D eigenvalue weighted by Crippen LogP contribution is -2.23. The molecule has 0 aliphatic rings. The number of hydrogen-bond donors (Lipinski definition) is 1. The van der Waals surface area contributed by atoms with Crippen LogP contribution in [0.2, 0.25) is 4.34 Å². The minimum Gasteiger partial charge on any atom is -0.495 e. The van der Waals surface area contributed by atoms with Crippen molar-refractivity contribution in [2.24, 2.45) is 0 Å². The Morgan fingerprint density at radius 3 is 2.89 bits per heavy atom. The molecule has 2 aromatic heterocycles. The van der Waals surface area contributed by atoms with E-state index in [4.69, 9.17) is 16.3 Å². The van der Waals surface area contributed by atoms with Crippen LogP contribution in [0.1, 0.15) is 29.8 Å². The molecule has 0 aliphatic heterocycles. The molecule has 2 aromatic rings. The van der Waals surface area contributed by atoms with E-state index in [1.807, 2.05) is 12.1 Å². The lowest BCUT2D eigenvalue weighted by atomic mass is 10.1. The summed E-state index contributed by atoms with van der Waals surface area (Å²) in [5.74, 6) is 0.792. The summed E-state index contributed by atoms with van der Waals surface area (Å²) < 4.78 is 6.20. The Morgan fingerprint density at radius 2 is 2.26 bits per heavy atom. The van der Waals surface area contributed by atoms with Gasteiger partial charge >= 0.3 is 0 Å². The molecule has 0 aliphatic carbocycles. The molecule has 0 saturated carbocycles. The van der Waals surface area contributed by atoms with Crippen LogP contribution in [0.15, 0.2) is 30.6 Å². The second kappa shape index (κ2) is 6.89. The second-order valence-corrected chi connectivity index (χ2v) is 5.89. The molecule has 0 saturated heterocycles. The Balaban J connectivity index is 2.36. The van der Waals surface area contributed by atoms with E-state index in [0.29, 0.717) is 0 Å². The fourth-order valence-electron chi connectivity index (χ4n) is 1.94. The van der Waals surface area contributed by atoms with E-state index in [2.05, 4.69) is 23.3 Å². The number of pyridine rings is 1. The van der Waals surface area contributed by atoms with Gasteiger partial charge in [-0.3, -0.25) is 4.98 Å². The number of aromatic nitrogens is 1. The van der Waals surface area contributed by atoms with Crippen molar-refractivity contribution >= 4 is 22.9 Å². The number of halogens is 1. The molecule has 0 amide bonds. The molecule has 1 N–H and O–H groups in total. The van der Waals surface area contributed by atoms with E-state index < -0.39 is 0 Å². The monoisotopic (exact) mass is 296 g/mol. The van der Waals surface area contributed by atoms with Crippen molar-refractivity contribution in [1.82, 2.24) is 10.3 Å². The minimum absolute atomic E-state index is 0.0930. The Morgan fingerprint density at radius 1 is 1.42 bits per heavy atom. The molecule has 0 spiro atoms. The van der Waals surface area contributed by atoms with E-state index >= 15 is 0 Å². The van der Waals surface area contributed by atoms with Crippen LogP contribution in [0.3, 0.4) is 0 Å². The van der Waals surface area contributed by atoms with Crippen LogP contribution in [-0.4, -0.2) is 18.6 Å². The molecule has 0 radical (unpaired) electrons. The van der Waals surface area contributed by atoms with Gasteiger partial charge in [-0.25, -0.2) is 0 Å². The molecule has 3 nitrogen and oxygen atoms in total. The van der Waals surface area contributed by atoms with Crippen LogP contribution in [0.25, 0.3) is 0 Å². The van der Waals surface area contributed by atoms with Crippen LogP contribution in [0, 0.1) is 0 Å². The van der Waals surface area contributed by atoms with Gasteiger partial charge in [0.05, 0.1) is 23.7 Å². The molecule has 0 fully saturated rings. The SMILES string of the molecule is CCCNC(c1ccc(Cl)s1)c1ccncc1OC. The van der Waals surface area contributed by atoms with Crippen molar-refractivity contribution in [2.75, 3.05) is 13.7 Å². The number of rotatable bonds is 6. The van der Waals surface area contributed by atoms with Gasteiger partial charge in [0, 0.05) is 16.6 Å². The van der Waals surface area contributed by atoms with Gasteiger partial charge in [-0.1, -0.05) is 18.5 Å². The summed E-state index contributed by atoms with van der Waals surface area (Å²) in [5.41, 5.74) is 1.09. The third-order valence-corrected chi connectivity index (χ3v) is 4.12. The lowest BCUT2D eigenvalue weighted by Gasteiger charge is -2.19. The summed E-state index contributed by atoms with van der Waals surface area (Å²) in [6.07, 6.45) is 4.60. The third kappa shape index (κ3) is 3.47. The number of hydrogen-bond acceptors (Lipinski definition) is 4. The zero-order valence-electron chi connectivity index (χ0n) is 11.0. The van der Waals surface area contributed by atoms with Crippen molar-refractivity contribution in [3.8, 4) is 5.75 Å². The van der Waals surface area contributed by atoms with E-state index in [1.54, 1.807) is 30.8 Å². The summed E-state index contributed by atoms with van der Waals surface area (Å²) in [7, 11) is 1.67. The Bertz CT molecular complexity index is 530. The maximum absolute atomic E-state index is 6.05. The Labute approximate surface area is 122 Å². The fraction of sp³-hybridized carbons (Fsp3) is 0.357. The summed E-state index contributed by atoms with van der Waals surface area (Å²) in [4.78, 5) is 5.29. The maximum Gasteiger partial charge on any atom is 0.142 e. The highest BCUT2D eigenvalue weighted by Crippen LogP contribution is 2.34. The summed E-state index contributed by atoms with van der Waals surface area (Å²) in [5, 5.41) is 3.53. The predicted molar refractivity (Wildman–Crippen MR) is 80.3 cm³/mol. The molecule has 102 valence electrons. The van der Waals surface area contributed by atoms with Crippen molar-refractivity contribution in [2.45, 2.75) is 19.4 Å². The van der Waals surface area contributed by atoms with Crippen molar-refractivity contribution in [1.29, 1.82) is 0 Å². The second-order valence-electron chi connectivity index (χ2n) is 4.15. The normalized spacial score (nSPS) is 12.4. The van der Waals surface area contributed by atoms with Gasteiger partial charge in [0.25, 0.3) is 0 Å². The van der Waals surface area contributed by atoms with Crippen LogP contribution in [0.5, 0.6) is 5.75 Å². The minimum atomic E-state index is 0.0930. The zero-order valence-corrected chi connectivity index (χ0v) is 12.6. The van der Waals surface area contributed by atoms with E-state index in [1.165, 1.54) is 4.88 Å². The summed E-state index contributed by atoms with van der Waals surface area (Å²) in [6.45, 7) is 3.08. The van der Waals surface area contributed by atoms with Crippen LogP contribution in [0.4, 0.5) is 0 Å². The van der Waals surface area contributed by atoms with Crippen molar-refractivity contribution in [3.63, 3.8) is 0 Å². The molecule has 1 atom stereocenters. The largest absolute Gasteiger partial charge is 0.495 e. The van der Waals surface area contributed by atoms with Gasteiger partial charge in [-0.15, -0.1) is 11.3 Å². The number of nitrogens with one attached hydrogen (secondary N) is 1. The van der Waals surface area contributed by atoms with E-state index in [9.17, 15) is 0 Å². The molecule has 5 heteroatoms. The predicted octanol–water partition coefficient (Wildman–Crippen LogP) is 3.89. The van der Waals surface area contributed by atoms with Crippen LogP contribution < -0.4 is 10.1 Å². The zero-order chi connectivity index (χ0) is 13.7. The van der Waals surface area contributed by atoms with Gasteiger partial charge in [-0.2, -0.15) is 0 Å². The molecule has 2 heterocycles. The third-order valence-electron chi connectivity index (χ3n) is 2.82. The molecular weight excluding hydrogens is 280 g/mol. The van der Waals surface area contributed by atoms with Gasteiger partial charge < -0.3 is 10.1 Å². The Hall–Kier alpha value is -1.10. The topological polar surface area (TPSA) is 34.2 Å². The molecule has 19 heavy (non-hydrogen) atoms. The van der Waals surface area contributed by atoms with Gasteiger partial charge in [0.2, 0.25) is 0 Å². The first-order valence-corrected chi connectivity index (χ1v) is 7.42. The standard InChI is InChI=1S/C14H17ClN2OS/c1-3-7-17-14(12-4-5-13(15)19-12)10-6-8-16-9-11(10)18-2/h4-6,8-9,14,17H,3,7H2,1-2H3. The highest BCUT2D eigenvalue weighted by Gasteiger charge is 2.19. The summed E-state index contributed by atoms with van der Waals surface area (Å²) >= 11 is 7.63. The first-order valence-electron chi connectivity index (χ1n) is 6.22. The Kier molecular flexibility index (Phi) is 5.19. The molecule has 0 bridgehead atoms. The highest BCUT2D eigenvalue weighted by molar-refractivity contribution is 7.16. The molecular formula is C14H17ClN2OS.